The molecule has 1 aliphatic rings. The third-order valence-electron chi connectivity index (χ3n) is 3.78. The van der Waals surface area contributed by atoms with Crippen molar-refractivity contribution < 1.29 is 4.39 Å². The van der Waals surface area contributed by atoms with Gasteiger partial charge in [-0.15, -0.1) is 0 Å². The Morgan fingerprint density at radius 1 is 1.44 bits per heavy atom. The lowest BCUT2D eigenvalue weighted by Crippen LogP contribution is -2.26. The first-order chi connectivity index (χ1) is 8.70. The van der Waals surface area contributed by atoms with E-state index in [0.29, 0.717) is 0 Å². The lowest BCUT2D eigenvalue weighted by atomic mass is 9.79. The van der Waals surface area contributed by atoms with E-state index < -0.39 is 0 Å². The van der Waals surface area contributed by atoms with E-state index in [-0.39, 0.29) is 16.9 Å². The second kappa shape index (κ2) is 6.53. The minimum Gasteiger partial charge on any atom is -0.310 e. The molecule has 1 nitrogen and oxygen atoms in total. The fourth-order valence-corrected chi connectivity index (χ4v) is 2.56. The largest absolute Gasteiger partial charge is 0.310 e. The highest BCUT2D eigenvalue weighted by atomic mass is 35.5. The van der Waals surface area contributed by atoms with Crippen LogP contribution < -0.4 is 5.32 Å². The van der Waals surface area contributed by atoms with Crippen molar-refractivity contribution in [3.05, 3.63) is 34.6 Å². The highest BCUT2D eigenvalue weighted by molar-refractivity contribution is 6.30. The topological polar surface area (TPSA) is 12.0 Å². The van der Waals surface area contributed by atoms with Crippen molar-refractivity contribution in [1.29, 1.82) is 0 Å². The molecule has 0 radical (unpaired) electrons. The Labute approximate surface area is 114 Å². The standard InChI is InChI=1S/C15H21ClFN/c1-2-8-18-15(9-11-4-3-5-11)12-6-7-13(16)14(17)10-12/h6-7,10-11,15,18H,2-5,8-9H2,1H3. The Morgan fingerprint density at radius 2 is 2.22 bits per heavy atom. The SMILES string of the molecule is CCCNC(CC1CCC1)c1ccc(Cl)c(F)c1. The summed E-state index contributed by atoms with van der Waals surface area (Å²) in [6.45, 7) is 3.12. The summed E-state index contributed by atoms with van der Waals surface area (Å²) in [4.78, 5) is 0. The van der Waals surface area contributed by atoms with Crippen molar-refractivity contribution >= 4 is 11.6 Å². The molecule has 100 valence electrons. The maximum Gasteiger partial charge on any atom is 0.142 e. The van der Waals surface area contributed by atoms with E-state index in [2.05, 4.69) is 12.2 Å². The van der Waals surface area contributed by atoms with Gasteiger partial charge in [-0.3, -0.25) is 0 Å². The predicted octanol–water partition coefficient (Wildman–Crippen LogP) is 4.71. The molecule has 1 aromatic carbocycles. The summed E-state index contributed by atoms with van der Waals surface area (Å²) >= 11 is 5.74. The number of hydrogen-bond donors (Lipinski definition) is 1. The minimum atomic E-state index is -0.314. The van der Waals surface area contributed by atoms with Crippen molar-refractivity contribution in [2.75, 3.05) is 6.54 Å². The first-order valence-corrected chi connectivity index (χ1v) is 7.26. The Balaban J connectivity index is 2.07. The zero-order valence-corrected chi connectivity index (χ0v) is 11.6. The monoisotopic (exact) mass is 269 g/mol. The highest BCUT2D eigenvalue weighted by Gasteiger charge is 2.23. The molecule has 0 bridgehead atoms. The molecule has 0 aliphatic heterocycles. The summed E-state index contributed by atoms with van der Waals surface area (Å²) in [5, 5.41) is 3.73. The Morgan fingerprint density at radius 3 is 2.78 bits per heavy atom. The normalized spacial score (nSPS) is 17.5. The molecule has 0 aromatic heterocycles. The lowest BCUT2D eigenvalue weighted by molar-refractivity contribution is 0.261. The van der Waals surface area contributed by atoms with Gasteiger partial charge in [0, 0.05) is 6.04 Å². The van der Waals surface area contributed by atoms with Crippen LogP contribution in [0.4, 0.5) is 4.39 Å². The summed E-state index contributed by atoms with van der Waals surface area (Å²) in [6, 6.07) is 5.45. The van der Waals surface area contributed by atoms with E-state index in [1.165, 1.54) is 19.3 Å². The van der Waals surface area contributed by atoms with Crippen LogP contribution in [0.15, 0.2) is 18.2 Å². The summed E-state index contributed by atoms with van der Waals surface area (Å²) in [7, 11) is 0. The molecule has 1 unspecified atom stereocenters. The third-order valence-corrected chi connectivity index (χ3v) is 4.09. The molecule has 1 aromatic rings. The van der Waals surface area contributed by atoms with Crippen molar-refractivity contribution in [3.8, 4) is 0 Å². The van der Waals surface area contributed by atoms with E-state index >= 15 is 0 Å². The second-order valence-electron chi connectivity index (χ2n) is 5.21. The summed E-state index contributed by atoms with van der Waals surface area (Å²) in [5.41, 5.74) is 1.03. The van der Waals surface area contributed by atoms with Crippen LogP contribution in [0, 0.1) is 11.7 Å². The second-order valence-corrected chi connectivity index (χ2v) is 5.62. The van der Waals surface area contributed by atoms with Gasteiger partial charge in [0.2, 0.25) is 0 Å². The van der Waals surface area contributed by atoms with Gasteiger partial charge in [0.15, 0.2) is 0 Å². The fourth-order valence-electron chi connectivity index (χ4n) is 2.45. The molecule has 0 amide bonds. The van der Waals surface area contributed by atoms with Gasteiger partial charge in [0.25, 0.3) is 0 Å². The number of rotatable bonds is 6. The van der Waals surface area contributed by atoms with Gasteiger partial charge in [-0.05, 0) is 43.0 Å². The van der Waals surface area contributed by atoms with Gasteiger partial charge in [-0.2, -0.15) is 0 Å². The molecule has 1 atom stereocenters. The third kappa shape index (κ3) is 3.46. The van der Waals surface area contributed by atoms with E-state index in [9.17, 15) is 4.39 Å². The molecule has 1 aliphatic carbocycles. The van der Waals surface area contributed by atoms with E-state index in [4.69, 9.17) is 11.6 Å². The molecule has 0 saturated heterocycles. The van der Waals surface area contributed by atoms with Crippen LogP contribution in [0.5, 0.6) is 0 Å². The van der Waals surface area contributed by atoms with Crippen molar-refractivity contribution in [2.24, 2.45) is 5.92 Å². The number of nitrogens with one attached hydrogen (secondary N) is 1. The molecule has 3 heteroatoms. The van der Waals surface area contributed by atoms with E-state index in [0.717, 1.165) is 30.9 Å². The van der Waals surface area contributed by atoms with Crippen LogP contribution in [0.25, 0.3) is 0 Å². The van der Waals surface area contributed by atoms with Gasteiger partial charge in [-0.25, -0.2) is 4.39 Å². The van der Waals surface area contributed by atoms with Crippen LogP contribution in [-0.2, 0) is 0 Å². The zero-order valence-electron chi connectivity index (χ0n) is 10.9. The van der Waals surface area contributed by atoms with E-state index in [1.54, 1.807) is 12.1 Å². The summed E-state index contributed by atoms with van der Waals surface area (Å²) in [5.74, 6) is 0.490. The number of benzene rings is 1. The molecular weight excluding hydrogens is 249 g/mol. The van der Waals surface area contributed by atoms with E-state index in [1.807, 2.05) is 6.07 Å². The van der Waals surface area contributed by atoms with Gasteiger partial charge in [-0.1, -0.05) is 43.9 Å². The minimum absolute atomic E-state index is 0.205. The average Bonchev–Trinajstić information content (AvgIpc) is 2.31. The van der Waals surface area contributed by atoms with Crippen LogP contribution in [0.2, 0.25) is 5.02 Å². The first kappa shape index (κ1) is 13.8. The molecule has 1 N–H and O–H groups in total. The van der Waals surface area contributed by atoms with Crippen LogP contribution in [-0.4, -0.2) is 6.54 Å². The smallest absolute Gasteiger partial charge is 0.142 e. The predicted molar refractivity (Wildman–Crippen MR) is 74.4 cm³/mol. The van der Waals surface area contributed by atoms with Crippen molar-refractivity contribution in [1.82, 2.24) is 5.32 Å². The maximum atomic E-state index is 13.5. The summed E-state index contributed by atoms with van der Waals surface area (Å²) < 4.78 is 13.5. The van der Waals surface area contributed by atoms with Gasteiger partial charge < -0.3 is 5.32 Å². The van der Waals surface area contributed by atoms with Gasteiger partial charge >= 0.3 is 0 Å². The quantitative estimate of drug-likeness (QED) is 0.789. The van der Waals surface area contributed by atoms with Crippen LogP contribution in [0.3, 0.4) is 0 Å². The van der Waals surface area contributed by atoms with Crippen molar-refractivity contribution in [3.63, 3.8) is 0 Å². The maximum absolute atomic E-state index is 13.5. The highest BCUT2D eigenvalue weighted by Crippen LogP contribution is 2.35. The van der Waals surface area contributed by atoms with Gasteiger partial charge in [0.1, 0.15) is 5.82 Å². The molecular formula is C15H21ClFN. The number of hydrogen-bond acceptors (Lipinski definition) is 1. The van der Waals surface area contributed by atoms with Crippen LogP contribution in [0.1, 0.15) is 50.6 Å². The molecule has 0 spiro atoms. The molecule has 1 fully saturated rings. The molecule has 18 heavy (non-hydrogen) atoms. The average molecular weight is 270 g/mol. The summed E-state index contributed by atoms with van der Waals surface area (Å²) in [6.07, 6.45) is 6.19. The molecule has 0 heterocycles. The van der Waals surface area contributed by atoms with Crippen molar-refractivity contribution in [2.45, 2.75) is 45.1 Å². The first-order valence-electron chi connectivity index (χ1n) is 6.89. The Kier molecular flexibility index (Phi) is 5.02. The zero-order chi connectivity index (χ0) is 13.0. The Hall–Kier alpha value is -0.600. The number of halogens is 2. The molecule has 2 rings (SSSR count). The van der Waals surface area contributed by atoms with Crippen LogP contribution >= 0.6 is 11.6 Å². The molecule has 1 saturated carbocycles. The van der Waals surface area contributed by atoms with Gasteiger partial charge in [0.05, 0.1) is 5.02 Å². The Bertz CT molecular complexity index is 390. The lowest BCUT2D eigenvalue weighted by Gasteiger charge is -2.30. The fraction of sp³-hybridized carbons (Fsp3) is 0.600.